The Balaban J connectivity index is 0. The molecule has 13 heavy (non-hydrogen) atoms. The van der Waals surface area contributed by atoms with Crippen LogP contribution in [0.2, 0.25) is 0 Å². The monoisotopic (exact) mass is 264 g/mol. The predicted octanol–water partition coefficient (Wildman–Crippen LogP) is -1.86. The standard InChI is InChI=1S/C8H18O3Se.Na/c1-2-3-4-5-6-7-8-11-12(9)10;/h2-8H2,1H3,(H,9,10);/q;+1/p-1. The molecule has 0 aromatic heterocycles. The minimum Gasteiger partial charge on any atom is 1.00 e. The fourth-order valence-electron chi connectivity index (χ4n) is 1.01. The molecule has 3 nitrogen and oxygen atoms in total. The van der Waals surface area contributed by atoms with Gasteiger partial charge in [0.15, 0.2) is 0 Å². The fourth-order valence-corrected chi connectivity index (χ4v) is 1.54. The average molecular weight is 263 g/mol. The van der Waals surface area contributed by atoms with Gasteiger partial charge in [-0.2, -0.15) is 0 Å². The molecule has 0 radical (unpaired) electrons. The fraction of sp³-hybridized carbons (Fsp3) is 1.00. The summed E-state index contributed by atoms with van der Waals surface area (Å²) in [5.74, 6) is 0. The summed E-state index contributed by atoms with van der Waals surface area (Å²) in [6.45, 7) is 2.55. The summed E-state index contributed by atoms with van der Waals surface area (Å²) in [5.41, 5.74) is 0. The summed E-state index contributed by atoms with van der Waals surface area (Å²) in [6, 6.07) is 0. The summed E-state index contributed by atoms with van der Waals surface area (Å²) in [5, 5.41) is 0. The Bertz CT molecular complexity index is 122. The molecule has 0 spiro atoms. The van der Waals surface area contributed by atoms with Crippen molar-refractivity contribution in [2.45, 2.75) is 45.4 Å². The molecule has 0 bridgehead atoms. The molecule has 74 valence electrons. The van der Waals surface area contributed by atoms with Crippen LogP contribution >= 0.6 is 0 Å². The Morgan fingerprint density at radius 1 is 1.15 bits per heavy atom. The molecule has 0 heterocycles. The molecule has 0 aliphatic carbocycles. The van der Waals surface area contributed by atoms with E-state index in [1.165, 1.54) is 25.7 Å². The van der Waals surface area contributed by atoms with Crippen LogP contribution in [0.3, 0.4) is 0 Å². The maximum Gasteiger partial charge on any atom is 1.00 e. The van der Waals surface area contributed by atoms with Crippen LogP contribution in [0.15, 0.2) is 0 Å². The van der Waals surface area contributed by atoms with E-state index in [-0.39, 0.29) is 29.6 Å². The molecule has 0 amide bonds. The van der Waals surface area contributed by atoms with Crippen LogP contribution in [0, 0.1) is 0 Å². The zero-order valence-corrected chi connectivity index (χ0v) is 12.3. The van der Waals surface area contributed by atoms with Crippen LogP contribution < -0.4 is 33.7 Å². The van der Waals surface area contributed by atoms with Crippen LogP contribution in [0.5, 0.6) is 0 Å². The van der Waals surface area contributed by atoms with Crippen molar-refractivity contribution in [2.24, 2.45) is 0 Å². The van der Waals surface area contributed by atoms with E-state index in [9.17, 15) is 8.02 Å². The summed E-state index contributed by atoms with van der Waals surface area (Å²) in [4.78, 5) is 0. The second kappa shape index (κ2) is 13.2. The van der Waals surface area contributed by atoms with Gasteiger partial charge in [0, 0.05) is 0 Å². The topological polar surface area (TPSA) is 49.4 Å². The van der Waals surface area contributed by atoms with Crippen LogP contribution in [0.1, 0.15) is 45.4 Å². The third kappa shape index (κ3) is 16.0. The van der Waals surface area contributed by atoms with Crippen molar-refractivity contribution in [1.82, 2.24) is 0 Å². The Kier molecular flexibility index (Phi) is 17.0. The number of rotatable bonds is 8. The minimum absolute atomic E-state index is 0. The molecule has 0 fully saturated rings. The van der Waals surface area contributed by atoms with E-state index in [0.717, 1.165) is 12.8 Å². The summed E-state index contributed by atoms with van der Waals surface area (Å²) in [6.07, 6.45) is 6.92. The first kappa shape index (κ1) is 16.7. The molecule has 0 saturated heterocycles. The van der Waals surface area contributed by atoms with Gasteiger partial charge in [-0.05, 0) is 0 Å². The van der Waals surface area contributed by atoms with Gasteiger partial charge >= 0.3 is 108 Å². The van der Waals surface area contributed by atoms with Gasteiger partial charge in [0.05, 0.1) is 0 Å². The van der Waals surface area contributed by atoms with E-state index in [0.29, 0.717) is 6.61 Å². The van der Waals surface area contributed by atoms with Crippen LogP contribution in [-0.4, -0.2) is 21.1 Å². The van der Waals surface area contributed by atoms with Gasteiger partial charge in [-0.1, -0.05) is 0 Å². The molecule has 1 atom stereocenters. The van der Waals surface area contributed by atoms with Gasteiger partial charge in [0.2, 0.25) is 0 Å². The summed E-state index contributed by atoms with van der Waals surface area (Å²) < 4.78 is 24.5. The first-order valence-electron chi connectivity index (χ1n) is 4.50. The Morgan fingerprint density at radius 3 is 2.23 bits per heavy atom. The van der Waals surface area contributed by atoms with Crippen molar-refractivity contribution in [2.75, 3.05) is 6.61 Å². The quantitative estimate of drug-likeness (QED) is 0.381. The summed E-state index contributed by atoms with van der Waals surface area (Å²) in [7, 11) is 0. The van der Waals surface area contributed by atoms with E-state index >= 15 is 0 Å². The molecule has 1 unspecified atom stereocenters. The second-order valence-electron chi connectivity index (χ2n) is 2.79. The maximum absolute atomic E-state index is 10.0. The van der Waals surface area contributed by atoms with E-state index in [1.807, 2.05) is 0 Å². The third-order valence-corrected chi connectivity index (χ3v) is 2.43. The number of hydrogen-bond donors (Lipinski definition) is 0. The van der Waals surface area contributed by atoms with Gasteiger partial charge in [-0.15, -0.1) is 0 Å². The van der Waals surface area contributed by atoms with Crippen molar-refractivity contribution in [1.29, 1.82) is 0 Å². The van der Waals surface area contributed by atoms with Crippen molar-refractivity contribution < 1.29 is 41.4 Å². The first-order chi connectivity index (χ1) is 5.77. The average Bonchev–Trinajstić information content (AvgIpc) is 2.02. The van der Waals surface area contributed by atoms with E-state index in [1.54, 1.807) is 0 Å². The molecular formula is C8H17NaO3Se. The van der Waals surface area contributed by atoms with Crippen LogP contribution in [-0.2, 0) is 7.65 Å². The minimum atomic E-state index is -3.12. The normalized spacial score (nSPS) is 12.2. The van der Waals surface area contributed by atoms with Crippen LogP contribution in [0.25, 0.3) is 0 Å². The third-order valence-electron chi connectivity index (χ3n) is 1.68. The van der Waals surface area contributed by atoms with E-state index in [2.05, 4.69) is 10.7 Å². The maximum atomic E-state index is 10.0. The van der Waals surface area contributed by atoms with Crippen LogP contribution in [0.4, 0.5) is 0 Å². The van der Waals surface area contributed by atoms with E-state index < -0.39 is 14.5 Å². The second-order valence-corrected chi connectivity index (χ2v) is 4.14. The Morgan fingerprint density at radius 2 is 1.69 bits per heavy atom. The molecule has 5 heteroatoms. The largest absolute Gasteiger partial charge is 1.00 e. The number of hydrogen-bond acceptors (Lipinski definition) is 3. The predicted molar refractivity (Wildman–Crippen MR) is 45.8 cm³/mol. The first-order valence-corrected chi connectivity index (χ1v) is 6.59. The van der Waals surface area contributed by atoms with Gasteiger partial charge < -0.3 is 0 Å². The van der Waals surface area contributed by atoms with Gasteiger partial charge in [0.25, 0.3) is 0 Å². The Hall–Kier alpha value is 1.24. The smallest absolute Gasteiger partial charge is 1.00 e. The number of unbranched alkanes of at least 4 members (excludes halogenated alkanes) is 5. The Labute approximate surface area is 107 Å². The molecular weight excluding hydrogens is 246 g/mol. The molecule has 0 rings (SSSR count). The molecule has 0 N–H and O–H groups in total. The molecule has 0 aliphatic rings. The van der Waals surface area contributed by atoms with E-state index in [4.69, 9.17) is 0 Å². The van der Waals surface area contributed by atoms with Gasteiger partial charge in [-0.3, -0.25) is 0 Å². The zero-order valence-electron chi connectivity index (χ0n) is 8.58. The van der Waals surface area contributed by atoms with Gasteiger partial charge in [-0.25, -0.2) is 0 Å². The van der Waals surface area contributed by atoms with Crippen molar-refractivity contribution in [3.05, 3.63) is 0 Å². The SMILES string of the molecule is CCCCCCCCO[Se](=O)[O-].[Na+]. The molecule has 0 aromatic carbocycles. The van der Waals surface area contributed by atoms with Crippen molar-refractivity contribution in [3.63, 3.8) is 0 Å². The molecule has 0 aromatic rings. The molecule has 0 saturated carbocycles. The molecule has 0 aliphatic heterocycles. The summed E-state index contributed by atoms with van der Waals surface area (Å²) >= 11 is -3.12. The van der Waals surface area contributed by atoms with Crippen molar-refractivity contribution >= 4 is 14.5 Å². The van der Waals surface area contributed by atoms with Gasteiger partial charge in [0.1, 0.15) is 0 Å². The van der Waals surface area contributed by atoms with Crippen molar-refractivity contribution in [3.8, 4) is 0 Å². The zero-order chi connectivity index (χ0) is 9.23.